The Morgan fingerprint density at radius 1 is 0.889 bits per heavy atom. The average Bonchev–Trinajstić information content (AvgIpc) is 3.10. The van der Waals surface area contributed by atoms with Crippen molar-refractivity contribution in [3.05, 3.63) is 49.1 Å². The van der Waals surface area contributed by atoms with Crippen LogP contribution < -0.4 is 10.2 Å². The number of halogens is 1. The second-order valence-electron chi connectivity index (χ2n) is 10.7. The molecule has 2 atom stereocenters. The second kappa shape index (κ2) is 20.9. The number of likely N-dealkylation sites (tertiary alicyclic amines) is 2. The van der Waals surface area contributed by atoms with Gasteiger partial charge in [0.15, 0.2) is 0 Å². The summed E-state index contributed by atoms with van der Waals surface area (Å²) < 4.78 is 9.55. The van der Waals surface area contributed by atoms with Crippen molar-refractivity contribution in [2.45, 2.75) is 52.4 Å². The topological polar surface area (TPSA) is 134 Å². The van der Waals surface area contributed by atoms with Crippen LogP contribution in [0.15, 0.2) is 49.1 Å². The minimum atomic E-state index is -0.292. The lowest BCUT2D eigenvalue weighted by molar-refractivity contribution is -0.118. The highest BCUT2D eigenvalue weighted by Gasteiger charge is 2.27. The summed E-state index contributed by atoms with van der Waals surface area (Å²) in [6.45, 7) is 7.95. The van der Waals surface area contributed by atoms with Crippen LogP contribution >= 0.6 is 11.6 Å². The van der Waals surface area contributed by atoms with Crippen molar-refractivity contribution in [2.75, 3.05) is 63.7 Å². The summed E-state index contributed by atoms with van der Waals surface area (Å²) in [5, 5.41) is 3.08. The molecule has 2 unspecified atom stereocenters. The zero-order chi connectivity index (χ0) is 33.0. The Labute approximate surface area is 271 Å². The zero-order valence-corrected chi connectivity index (χ0v) is 27.6. The first-order chi connectivity index (χ1) is 21.7. The molecular weight excluding hydrogens is 600 g/mol. The van der Waals surface area contributed by atoms with Gasteiger partial charge in [0, 0.05) is 70.7 Å². The van der Waals surface area contributed by atoms with Crippen molar-refractivity contribution in [3.63, 3.8) is 0 Å². The molecule has 248 valence electrons. The molecule has 2 aromatic heterocycles. The molecule has 0 bridgehead atoms. The van der Waals surface area contributed by atoms with E-state index in [-0.39, 0.29) is 29.3 Å². The van der Waals surface area contributed by atoms with E-state index in [0.29, 0.717) is 31.8 Å². The number of nitrogens with one attached hydrogen (secondary N) is 1. The van der Waals surface area contributed by atoms with Crippen LogP contribution in [0, 0.1) is 11.8 Å². The summed E-state index contributed by atoms with van der Waals surface area (Å²) in [7, 11) is 2.83. The first-order valence-electron chi connectivity index (χ1n) is 15.4. The molecule has 3 amide bonds. The molecule has 12 nitrogen and oxygen atoms in total. The van der Waals surface area contributed by atoms with Gasteiger partial charge >= 0.3 is 12.2 Å². The molecule has 45 heavy (non-hydrogen) atoms. The van der Waals surface area contributed by atoms with Crippen LogP contribution in [-0.4, -0.2) is 96.6 Å². The molecule has 2 aliphatic rings. The summed E-state index contributed by atoms with van der Waals surface area (Å²) in [6.07, 6.45) is 11.4. The normalized spacial score (nSPS) is 17.4. The van der Waals surface area contributed by atoms with Gasteiger partial charge < -0.3 is 29.5 Å². The number of anilines is 2. The summed E-state index contributed by atoms with van der Waals surface area (Å²) in [5.41, 5.74) is 1.83. The quantitative estimate of drug-likeness (QED) is 0.372. The molecule has 0 spiro atoms. The van der Waals surface area contributed by atoms with Gasteiger partial charge in [0.2, 0.25) is 11.1 Å². The molecule has 0 saturated carbocycles. The smallest absolute Gasteiger partial charge is 0.409 e. The summed E-state index contributed by atoms with van der Waals surface area (Å²) in [6, 6.07) is 7.62. The van der Waals surface area contributed by atoms with Crippen LogP contribution in [0.4, 0.5) is 21.0 Å². The maximum atomic E-state index is 12.3. The molecular formula is C32H47ClN6O6. The first kappa shape index (κ1) is 37.3. The lowest BCUT2D eigenvalue weighted by Gasteiger charge is -2.34. The van der Waals surface area contributed by atoms with Crippen molar-refractivity contribution in [1.29, 1.82) is 0 Å². The molecule has 13 heteroatoms. The maximum absolute atomic E-state index is 12.3. The van der Waals surface area contributed by atoms with Gasteiger partial charge in [-0.05, 0) is 73.4 Å². The molecule has 0 radical (unpaired) electrons. The van der Waals surface area contributed by atoms with E-state index in [1.807, 2.05) is 31.2 Å². The van der Waals surface area contributed by atoms with E-state index in [4.69, 9.17) is 21.1 Å². The third-order valence-corrected chi connectivity index (χ3v) is 7.71. The van der Waals surface area contributed by atoms with E-state index < -0.39 is 0 Å². The highest BCUT2D eigenvalue weighted by Crippen LogP contribution is 2.22. The molecule has 2 aromatic rings. The number of hydrogen-bond donors (Lipinski definition) is 1. The lowest BCUT2D eigenvalue weighted by atomic mass is 9.97. The van der Waals surface area contributed by atoms with E-state index >= 15 is 0 Å². The van der Waals surface area contributed by atoms with Crippen LogP contribution in [0.5, 0.6) is 0 Å². The molecule has 4 rings (SSSR count). The summed E-state index contributed by atoms with van der Waals surface area (Å²) >= 11 is 4.82. The number of pyridine rings is 2. The fourth-order valence-electron chi connectivity index (χ4n) is 5.08. The van der Waals surface area contributed by atoms with Crippen LogP contribution in [0.2, 0.25) is 0 Å². The molecule has 2 saturated heterocycles. The Morgan fingerprint density at radius 3 is 1.93 bits per heavy atom. The predicted molar refractivity (Wildman–Crippen MR) is 174 cm³/mol. The van der Waals surface area contributed by atoms with Gasteiger partial charge in [-0.2, -0.15) is 0 Å². The lowest BCUT2D eigenvalue weighted by Crippen LogP contribution is -2.45. The average molecular weight is 647 g/mol. The number of rotatable bonds is 8. The van der Waals surface area contributed by atoms with E-state index in [1.54, 1.807) is 46.4 Å². The number of aromatic nitrogens is 2. The second-order valence-corrected chi connectivity index (χ2v) is 11.2. The van der Waals surface area contributed by atoms with Gasteiger partial charge in [-0.1, -0.05) is 13.8 Å². The van der Waals surface area contributed by atoms with Gasteiger partial charge in [-0.3, -0.25) is 19.6 Å². The van der Waals surface area contributed by atoms with Crippen LogP contribution in [-0.2, 0) is 19.1 Å². The number of amides is 3. The van der Waals surface area contributed by atoms with Gasteiger partial charge in [-0.25, -0.2) is 9.59 Å². The SMILES string of the molecule is CCC(=O)Cl.CCC(=O)N(CC1CCCN(C(=O)OC)C1)c1cccnc1.COC(=O)N1CCCC(CNc2cccnc2)C1. The standard InChI is InChI=1S/C16H23N3O3.C13H19N3O2.C3H5ClO/c1-3-15(20)19(14-7-4-8-17-10-14)12-13-6-5-9-18(11-13)16(21)22-2;1-18-13(17)16-7-3-4-11(10-16)8-15-12-5-2-6-14-9-12;1-2-3(4)5/h4,7-8,10,13H,3,5-6,9,11-12H2,1-2H3;2,5-6,9,11,15H,3-4,7-8,10H2,1H3;2H2,1H3. The third kappa shape index (κ3) is 13.7. The van der Waals surface area contributed by atoms with Crippen LogP contribution in [0.25, 0.3) is 0 Å². The molecule has 2 aliphatic heterocycles. The molecule has 2 fully saturated rings. The Hall–Kier alpha value is -3.93. The number of methoxy groups -OCH3 is 2. The Bertz CT molecular complexity index is 1180. The number of ether oxygens (including phenoxy) is 2. The number of piperidine rings is 2. The van der Waals surface area contributed by atoms with Crippen molar-refractivity contribution in [3.8, 4) is 0 Å². The van der Waals surface area contributed by atoms with Gasteiger partial charge in [0.25, 0.3) is 0 Å². The maximum Gasteiger partial charge on any atom is 0.409 e. The predicted octanol–water partition coefficient (Wildman–Crippen LogP) is 5.44. The number of carbonyl (C=O) groups is 4. The fourth-order valence-corrected chi connectivity index (χ4v) is 5.08. The van der Waals surface area contributed by atoms with E-state index in [9.17, 15) is 19.2 Å². The van der Waals surface area contributed by atoms with E-state index in [2.05, 4.69) is 15.3 Å². The number of hydrogen-bond acceptors (Lipinski definition) is 9. The summed E-state index contributed by atoms with van der Waals surface area (Å²) in [5.74, 6) is 0.796. The Morgan fingerprint density at radius 2 is 1.44 bits per heavy atom. The van der Waals surface area contributed by atoms with Crippen LogP contribution in [0.3, 0.4) is 0 Å². The minimum absolute atomic E-state index is 0.0724. The number of nitrogens with zero attached hydrogens (tertiary/aromatic N) is 5. The zero-order valence-electron chi connectivity index (χ0n) is 26.8. The van der Waals surface area contributed by atoms with Crippen molar-refractivity contribution >= 4 is 46.3 Å². The first-order valence-corrected chi connectivity index (χ1v) is 15.8. The Balaban J connectivity index is 0.000000277. The number of carbonyl (C=O) groups excluding carboxylic acids is 4. The minimum Gasteiger partial charge on any atom is -0.453 e. The molecule has 4 heterocycles. The molecule has 1 N–H and O–H groups in total. The van der Waals surface area contributed by atoms with Gasteiger partial charge in [0.1, 0.15) is 0 Å². The highest BCUT2D eigenvalue weighted by molar-refractivity contribution is 6.63. The summed E-state index contributed by atoms with van der Waals surface area (Å²) in [4.78, 5) is 58.4. The third-order valence-electron chi connectivity index (χ3n) is 7.44. The van der Waals surface area contributed by atoms with Crippen molar-refractivity contribution in [1.82, 2.24) is 19.8 Å². The molecule has 0 aromatic carbocycles. The largest absolute Gasteiger partial charge is 0.453 e. The van der Waals surface area contributed by atoms with Gasteiger partial charge in [0.05, 0.1) is 31.8 Å². The van der Waals surface area contributed by atoms with Crippen molar-refractivity contribution < 1.29 is 28.7 Å². The van der Waals surface area contributed by atoms with E-state index in [1.165, 1.54) is 14.2 Å². The van der Waals surface area contributed by atoms with Crippen molar-refractivity contribution in [2.24, 2.45) is 11.8 Å². The monoisotopic (exact) mass is 646 g/mol. The van der Waals surface area contributed by atoms with E-state index in [0.717, 1.165) is 63.2 Å². The van der Waals surface area contributed by atoms with Gasteiger partial charge in [-0.15, -0.1) is 0 Å². The molecule has 0 aliphatic carbocycles. The van der Waals surface area contributed by atoms with Crippen LogP contribution in [0.1, 0.15) is 52.4 Å². The highest BCUT2D eigenvalue weighted by atomic mass is 35.5. The Kier molecular flexibility index (Phi) is 17.3. The fraction of sp³-hybridized carbons (Fsp3) is 0.562.